The van der Waals surface area contributed by atoms with E-state index in [1.165, 1.54) is 12.1 Å². The van der Waals surface area contributed by atoms with E-state index in [0.717, 1.165) is 0 Å². The minimum atomic E-state index is -0.407. The number of alkyl halides is 1. The van der Waals surface area contributed by atoms with Gasteiger partial charge in [0, 0.05) is 10.4 Å². The number of rotatable bonds is 4. The molecule has 0 aliphatic rings. The maximum atomic E-state index is 13.2. The second kappa shape index (κ2) is 6.21. The van der Waals surface area contributed by atoms with Gasteiger partial charge in [-0.1, -0.05) is 27.5 Å². The maximum Gasteiger partial charge on any atom is 0.310 e. The summed E-state index contributed by atoms with van der Waals surface area (Å²) in [6, 6.07) is 2.59. The fraction of sp³-hybridized carbons (Fsp3) is 0.364. The Labute approximate surface area is 107 Å². The van der Waals surface area contributed by atoms with Crippen molar-refractivity contribution in [3.05, 3.63) is 34.1 Å². The van der Waals surface area contributed by atoms with Crippen LogP contribution in [0.1, 0.15) is 18.1 Å². The molecule has 1 aromatic carbocycles. The third-order valence-electron chi connectivity index (χ3n) is 1.97. The smallest absolute Gasteiger partial charge is 0.310 e. The number of carbonyl (C=O) groups is 1. The molecule has 0 unspecified atom stereocenters. The van der Waals surface area contributed by atoms with Gasteiger partial charge in [0.25, 0.3) is 0 Å². The highest BCUT2D eigenvalue weighted by Gasteiger charge is 2.12. The Hall–Kier alpha value is -0.610. The average molecular weight is 310 g/mol. The molecule has 0 aromatic heterocycles. The zero-order valence-corrected chi connectivity index (χ0v) is 11.1. The van der Waals surface area contributed by atoms with Crippen molar-refractivity contribution >= 4 is 33.5 Å². The van der Waals surface area contributed by atoms with Gasteiger partial charge in [-0.3, -0.25) is 4.79 Å². The van der Waals surface area contributed by atoms with Gasteiger partial charge in [0.05, 0.1) is 13.0 Å². The fourth-order valence-corrected chi connectivity index (χ4v) is 2.15. The van der Waals surface area contributed by atoms with Crippen molar-refractivity contribution in [3.8, 4) is 0 Å². The summed E-state index contributed by atoms with van der Waals surface area (Å²) in [6.07, 6.45) is -0.00949. The van der Waals surface area contributed by atoms with Gasteiger partial charge in [-0.2, -0.15) is 0 Å². The van der Waals surface area contributed by atoms with Gasteiger partial charge in [0.2, 0.25) is 0 Å². The highest BCUT2D eigenvalue weighted by atomic mass is 79.9. The van der Waals surface area contributed by atoms with Gasteiger partial charge in [-0.05, 0) is 30.2 Å². The Kier molecular flexibility index (Phi) is 5.22. The second-order valence-electron chi connectivity index (χ2n) is 3.15. The van der Waals surface area contributed by atoms with Gasteiger partial charge in [-0.25, -0.2) is 4.39 Å². The van der Waals surface area contributed by atoms with Gasteiger partial charge in [0.1, 0.15) is 5.82 Å². The first kappa shape index (κ1) is 13.5. The molecule has 0 aliphatic heterocycles. The predicted octanol–water partition coefficient (Wildman–Crippen LogP) is 3.48. The van der Waals surface area contributed by atoms with Crippen LogP contribution in [-0.4, -0.2) is 12.6 Å². The monoisotopic (exact) mass is 308 g/mol. The van der Waals surface area contributed by atoms with Crippen molar-refractivity contribution in [1.29, 1.82) is 0 Å². The molecule has 1 aromatic rings. The van der Waals surface area contributed by atoms with E-state index in [0.29, 0.717) is 28.1 Å². The second-order valence-corrected chi connectivity index (χ2v) is 4.09. The van der Waals surface area contributed by atoms with Gasteiger partial charge >= 0.3 is 5.97 Å². The Morgan fingerprint density at radius 2 is 2.12 bits per heavy atom. The molecule has 1 rings (SSSR count). The van der Waals surface area contributed by atoms with E-state index >= 15 is 0 Å². The van der Waals surface area contributed by atoms with Crippen molar-refractivity contribution < 1.29 is 13.9 Å². The van der Waals surface area contributed by atoms with Crippen molar-refractivity contribution in [2.24, 2.45) is 0 Å². The Balaban J connectivity index is 2.95. The SMILES string of the molecule is CCOC(=O)Cc1cc(F)cc(CBr)c1Cl. The maximum absolute atomic E-state index is 13.2. The summed E-state index contributed by atoms with van der Waals surface area (Å²) in [4.78, 5) is 11.3. The van der Waals surface area contributed by atoms with E-state index in [4.69, 9.17) is 16.3 Å². The number of hydrogen-bond donors (Lipinski definition) is 0. The highest BCUT2D eigenvalue weighted by molar-refractivity contribution is 9.08. The first-order valence-corrected chi connectivity index (χ1v) is 6.26. The quantitative estimate of drug-likeness (QED) is 0.629. The summed E-state index contributed by atoms with van der Waals surface area (Å²) in [7, 11) is 0. The Morgan fingerprint density at radius 3 is 2.69 bits per heavy atom. The van der Waals surface area contributed by atoms with Crippen molar-refractivity contribution in [2.75, 3.05) is 6.61 Å². The van der Waals surface area contributed by atoms with E-state index in [2.05, 4.69) is 15.9 Å². The number of carbonyl (C=O) groups excluding carboxylic acids is 1. The van der Waals surface area contributed by atoms with Gasteiger partial charge in [0.15, 0.2) is 0 Å². The summed E-state index contributed by atoms with van der Waals surface area (Å²) >= 11 is 9.23. The standard InChI is InChI=1S/C11H11BrClFO2/c1-2-16-10(15)5-7-3-9(14)4-8(6-12)11(7)13/h3-4H,2,5-6H2,1H3. The number of ether oxygens (including phenoxy) is 1. The molecular weight excluding hydrogens is 298 g/mol. The number of halogens is 3. The van der Waals surface area contributed by atoms with Crippen LogP contribution in [0.3, 0.4) is 0 Å². The molecule has 0 radical (unpaired) electrons. The molecule has 5 heteroatoms. The molecule has 0 aliphatic carbocycles. The van der Waals surface area contributed by atoms with E-state index < -0.39 is 11.8 Å². The molecule has 0 spiro atoms. The van der Waals surface area contributed by atoms with Crippen LogP contribution in [0.5, 0.6) is 0 Å². The van der Waals surface area contributed by atoms with Crippen molar-refractivity contribution in [1.82, 2.24) is 0 Å². The summed E-state index contributed by atoms with van der Waals surface area (Å²) < 4.78 is 18.0. The lowest BCUT2D eigenvalue weighted by molar-refractivity contribution is -0.142. The van der Waals surface area contributed by atoms with E-state index in [9.17, 15) is 9.18 Å². The zero-order valence-electron chi connectivity index (χ0n) is 8.73. The van der Waals surface area contributed by atoms with E-state index in [-0.39, 0.29) is 6.42 Å². The van der Waals surface area contributed by atoms with Crippen LogP contribution >= 0.6 is 27.5 Å². The van der Waals surface area contributed by atoms with Crippen LogP contribution in [0.25, 0.3) is 0 Å². The topological polar surface area (TPSA) is 26.3 Å². The number of benzene rings is 1. The van der Waals surface area contributed by atoms with Crippen LogP contribution in [0.4, 0.5) is 4.39 Å². The average Bonchev–Trinajstić information content (AvgIpc) is 2.23. The molecule has 0 saturated carbocycles. The lowest BCUT2D eigenvalue weighted by Crippen LogP contribution is -2.08. The normalized spacial score (nSPS) is 10.2. The summed E-state index contributed by atoms with van der Waals surface area (Å²) in [6.45, 7) is 2.02. The molecule has 88 valence electrons. The van der Waals surface area contributed by atoms with E-state index in [1.54, 1.807) is 6.92 Å². The first-order valence-electron chi connectivity index (χ1n) is 4.76. The third-order valence-corrected chi connectivity index (χ3v) is 3.06. The molecule has 0 atom stereocenters. The van der Waals surface area contributed by atoms with Crippen LogP contribution in [-0.2, 0) is 21.3 Å². The molecule has 0 bridgehead atoms. The number of hydrogen-bond acceptors (Lipinski definition) is 2. The highest BCUT2D eigenvalue weighted by Crippen LogP contribution is 2.25. The molecule has 0 N–H and O–H groups in total. The first-order chi connectivity index (χ1) is 7.58. The molecule has 2 nitrogen and oxygen atoms in total. The molecular formula is C11H11BrClFO2. The summed E-state index contributed by atoms with van der Waals surface area (Å²) in [5.74, 6) is -0.811. The van der Waals surface area contributed by atoms with Crippen LogP contribution < -0.4 is 0 Å². The fourth-order valence-electron chi connectivity index (χ4n) is 1.30. The lowest BCUT2D eigenvalue weighted by Gasteiger charge is -2.08. The van der Waals surface area contributed by atoms with Crippen LogP contribution in [0, 0.1) is 5.82 Å². The van der Waals surface area contributed by atoms with Crippen molar-refractivity contribution in [2.45, 2.75) is 18.7 Å². The van der Waals surface area contributed by atoms with Crippen molar-refractivity contribution in [3.63, 3.8) is 0 Å². The van der Waals surface area contributed by atoms with Gasteiger partial charge in [-0.15, -0.1) is 0 Å². The Bertz CT molecular complexity index is 396. The molecule has 0 amide bonds. The zero-order chi connectivity index (χ0) is 12.1. The van der Waals surface area contributed by atoms with Crippen LogP contribution in [0.2, 0.25) is 5.02 Å². The molecule has 16 heavy (non-hydrogen) atoms. The Morgan fingerprint density at radius 1 is 1.50 bits per heavy atom. The molecule has 0 saturated heterocycles. The molecule has 0 heterocycles. The minimum absolute atomic E-state index is 0.00949. The van der Waals surface area contributed by atoms with E-state index in [1.807, 2.05) is 0 Å². The third kappa shape index (κ3) is 3.46. The lowest BCUT2D eigenvalue weighted by atomic mass is 10.1. The summed E-state index contributed by atoms with van der Waals surface area (Å²) in [5.41, 5.74) is 1.08. The van der Waals surface area contributed by atoms with Crippen LogP contribution in [0.15, 0.2) is 12.1 Å². The largest absolute Gasteiger partial charge is 0.466 e. The predicted molar refractivity (Wildman–Crippen MR) is 64.4 cm³/mol. The number of esters is 1. The van der Waals surface area contributed by atoms with Gasteiger partial charge < -0.3 is 4.74 Å². The minimum Gasteiger partial charge on any atom is -0.466 e. The summed E-state index contributed by atoms with van der Waals surface area (Å²) in [5, 5.41) is 0.853. The molecule has 0 fully saturated rings.